The molecule has 2 aliphatic carbocycles. The van der Waals surface area contributed by atoms with Gasteiger partial charge in [-0.15, -0.1) is 0 Å². The molecule has 0 bridgehead atoms. The molecule has 2 heterocycles. The van der Waals surface area contributed by atoms with Crippen molar-refractivity contribution in [3.63, 3.8) is 0 Å². The lowest BCUT2D eigenvalue weighted by molar-refractivity contribution is -0.0554. The molecule has 0 spiro atoms. The molecule has 2 fully saturated rings. The van der Waals surface area contributed by atoms with Crippen molar-refractivity contribution in [1.82, 2.24) is 10.1 Å². The highest BCUT2D eigenvalue weighted by molar-refractivity contribution is 6.39. The van der Waals surface area contributed by atoms with E-state index in [0.29, 0.717) is 63.2 Å². The Morgan fingerprint density at radius 3 is 2.43 bits per heavy atom. The van der Waals surface area contributed by atoms with Crippen LogP contribution in [0.25, 0.3) is 11.3 Å². The lowest BCUT2D eigenvalue weighted by Gasteiger charge is -2.44. The third-order valence-corrected chi connectivity index (χ3v) is 8.67. The predicted molar refractivity (Wildman–Crippen MR) is 153 cm³/mol. The van der Waals surface area contributed by atoms with Crippen LogP contribution in [0.5, 0.6) is 11.6 Å². The maximum absolute atomic E-state index is 13.8. The number of aromatic carboxylic acids is 1. The van der Waals surface area contributed by atoms with Gasteiger partial charge in [-0.1, -0.05) is 46.0 Å². The van der Waals surface area contributed by atoms with Gasteiger partial charge in [-0.05, 0) is 61.9 Å². The number of methoxy groups -OCH3 is 1. The Morgan fingerprint density at radius 1 is 1.10 bits per heavy atom. The minimum absolute atomic E-state index is 0.0468. The normalized spacial score (nSPS) is 19.8. The van der Waals surface area contributed by atoms with Gasteiger partial charge in [0.2, 0.25) is 5.88 Å². The van der Waals surface area contributed by atoms with Gasteiger partial charge in [-0.2, -0.15) is 0 Å². The standard InChI is InChI=1S/C30H24Cl3FN2O6/c1-40-28-19(6-15(12-35-28)29(37)38)16-10-30(39,11-16)21-5-4-18(9-22(21)31)41-13-20-26(36-42-27(20)14-2-3-14)25-23(32)7-17(34)8-24(25)33/h4-9,12,14,16,39H,2-3,10-11,13H2,1H3,(H,37,38). The first-order valence-electron chi connectivity index (χ1n) is 13.1. The van der Waals surface area contributed by atoms with Crippen LogP contribution in [0, 0.1) is 5.82 Å². The number of carbonyl (C=O) groups is 1. The number of carboxylic acid groups (broad SMARTS) is 1. The van der Waals surface area contributed by atoms with Crippen LogP contribution in [0.4, 0.5) is 4.39 Å². The minimum Gasteiger partial charge on any atom is -0.489 e. The third-order valence-electron chi connectivity index (χ3n) is 7.76. The third kappa shape index (κ3) is 5.30. The van der Waals surface area contributed by atoms with Gasteiger partial charge < -0.3 is 24.2 Å². The highest BCUT2D eigenvalue weighted by Gasteiger charge is 2.47. The number of carboxylic acids is 1. The van der Waals surface area contributed by atoms with Crippen LogP contribution in [-0.4, -0.2) is 33.4 Å². The molecule has 0 radical (unpaired) electrons. The van der Waals surface area contributed by atoms with Crippen molar-refractivity contribution in [1.29, 1.82) is 0 Å². The maximum atomic E-state index is 13.8. The second-order valence-electron chi connectivity index (χ2n) is 10.6. The van der Waals surface area contributed by atoms with Gasteiger partial charge in [0.1, 0.15) is 29.6 Å². The molecule has 2 aliphatic rings. The Hall–Kier alpha value is -3.37. The largest absolute Gasteiger partial charge is 0.489 e. The molecule has 12 heteroatoms. The summed E-state index contributed by atoms with van der Waals surface area (Å²) in [5.41, 5.74) is 1.40. The van der Waals surface area contributed by atoms with E-state index in [4.69, 9.17) is 48.8 Å². The summed E-state index contributed by atoms with van der Waals surface area (Å²) in [5.74, 6) is -0.156. The van der Waals surface area contributed by atoms with Crippen LogP contribution >= 0.6 is 34.8 Å². The SMILES string of the molecule is COc1ncc(C(=O)O)cc1C1CC(O)(c2ccc(OCc3c(-c4c(Cl)cc(F)cc4Cl)noc3C3CC3)cc2Cl)C1. The van der Waals surface area contributed by atoms with Crippen molar-refractivity contribution in [2.24, 2.45) is 0 Å². The lowest BCUT2D eigenvalue weighted by Crippen LogP contribution is -2.40. The molecule has 0 atom stereocenters. The minimum atomic E-state index is -1.22. The van der Waals surface area contributed by atoms with Gasteiger partial charge in [-0.3, -0.25) is 0 Å². The Morgan fingerprint density at radius 2 is 1.81 bits per heavy atom. The van der Waals surface area contributed by atoms with E-state index in [1.165, 1.54) is 31.5 Å². The molecule has 2 saturated carbocycles. The molecule has 42 heavy (non-hydrogen) atoms. The monoisotopic (exact) mass is 632 g/mol. The highest BCUT2D eigenvalue weighted by Crippen LogP contribution is 2.54. The molecule has 0 aliphatic heterocycles. The number of nitrogens with zero attached hydrogens (tertiary/aromatic N) is 2. The number of halogens is 4. The Kier molecular flexibility index (Phi) is 7.55. The van der Waals surface area contributed by atoms with Crippen LogP contribution in [0.2, 0.25) is 15.1 Å². The van der Waals surface area contributed by atoms with E-state index in [1.54, 1.807) is 18.2 Å². The van der Waals surface area contributed by atoms with Gasteiger partial charge >= 0.3 is 5.97 Å². The molecule has 0 saturated heterocycles. The van der Waals surface area contributed by atoms with E-state index in [1.807, 2.05) is 0 Å². The Balaban J connectivity index is 1.21. The van der Waals surface area contributed by atoms with E-state index in [9.17, 15) is 19.4 Å². The van der Waals surface area contributed by atoms with Gasteiger partial charge in [0.25, 0.3) is 0 Å². The van der Waals surface area contributed by atoms with Crippen LogP contribution in [0.3, 0.4) is 0 Å². The molecular weight excluding hydrogens is 610 g/mol. The van der Waals surface area contributed by atoms with E-state index in [-0.39, 0.29) is 34.1 Å². The molecule has 218 valence electrons. The van der Waals surface area contributed by atoms with Crippen molar-refractivity contribution < 1.29 is 33.4 Å². The number of ether oxygens (including phenoxy) is 2. The number of pyridine rings is 1. The van der Waals surface area contributed by atoms with E-state index < -0.39 is 17.4 Å². The summed E-state index contributed by atoms with van der Waals surface area (Å²) in [7, 11) is 1.46. The number of aromatic nitrogens is 2. The average Bonchev–Trinajstić information content (AvgIpc) is 3.69. The molecular formula is C30H24Cl3FN2O6. The lowest BCUT2D eigenvalue weighted by atomic mass is 9.65. The number of rotatable bonds is 9. The summed E-state index contributed by atoms with van der Waals surface area (Å²) in [4.78, 5) is 15.5. The number of hydrogen-bond acceptors (Lipinski definition) is 7. The summed E-state index contributed by atoms with van der Waals surface area (Å²) in [6, 6.07) is 8.91. The van der Waals surface area contributed by atoms with E-state index in [2.05, 4.69) is 10.1 Å². The summed E-state index contributed by atoms with van der Waals surface area (Å²) < 4.78 is 30.9. The quantitative estimate of drug-likeness (QED) is 0.192. The van der Waals surface area contributed by atoms with Crippen molar-refractivity contribution in [3.05, 3.63) is 91.5 Å². The van der Waals surface area contributed by atoms with Crippen molar-refractivity contribution in [2.75, 3.05) is 7.11 Å². The number of hydrogen-bond donors (Lipinski definition) is 2. The first kappa shape index (κ1) is 28.7. The van der Waals surface area contributed by atoms with Crippen molar-refractivity contribution >= 4 is 40.8 Å². The first-order valence-corrected chi connectivity index (χ1v) is 14.3. The van der Waals surface area contributed by atoms with Crippen LogP contribution < -0.4 is 9.47 Å². The van der Waals surface area contributed by atoms with E-state index in [0.717, 1.165) is 12.8 Å². The van der Waals surface area contributed by atoms with Crippen LogP contribution in [-0.2, 0) is 12.2 Å². The van der Waals surface area contributed by atoms with Crippen LogP contribution in [0.1, 0.15) is 70.3 Å². The highest BCUT2D eigenvalue weighted by atomic mass is 35.5. The summed E-state index contributed by atoms with van der Waals surface area (Å²) in [5, 5.41) is 25.5. The average molecular weight is 634 g/mol. The topological polar surface area (TPSA) is 115 Å². The van der Waals surface area contributed by atoms with Crippen molar-refractivity contribution in [3.8, 4) is 22.9 Å². The molecule has 2 aromatic carbocycles. The fourth-order valence-electron chi connectivity index (χ4n) is 5.46. The number of aliphatic hydroxyl groups is 1. The van der Waals surface area contributed by atoms with Gasteiger partial charge in [0, 0.05) is 28.8 Å². The zero-order valence-corrected chi connectivity index (χ0v) is 24.4. The zero-order chi connectivity index (χ0) is 29.8. The Bertz CT molecular complexity index is 1680. The predicted octanol–water partition coefficient (Wildman–Crippen LogP) is 7.76. The summed E-state index contributed by atoms with van der Waals surface area (Å²) in [6.45, 7) is 0.0728. The molecule has 8 nitrogen and oxygen atoms in total. The fourth-order valence-corrected chi connectivity index (χ4v) is 6.44. The molecule has 2 aromatic heterocycles. The molecule has 4 aromatic rings. The van der Waals surface area contributed by atoms with E-state index >= 15 is 0 Å². The molecule has 0 unspecified atom stereocenters. The first-order chi connectivity index (χ1) is 20.1. The van der Waals surface area contributed by atoms with Crippen molar-refractivity contribution in [2.45, 2.75) is 49.7 Å². The van der Waals surface area contributed by atoms with Crippen LogP contribution in [0.15, 0.2) is 47.1 Å². The summed E-state index contributed by atoms with van der Waals surface area (Å²) >= 11 is 19.3. The number of benzene rings is 2. The second kappa shape index (κ2) is 11.0. The van der Waals surface area contributed by atoms with Gasteiger partial charge in [0.15, 0.2) is 0 Å². The maximum Gasteiger partial charge on any atom is 0.337 e. The van der Waals surface area contributed by atoms with Gasteiger partial charge in [-0.25, -0.2) is 14.2 Å². The Labute approximate surface area is 254 Å². The molecule has 0 amide bonds. The van der Waals surface area contributed by atoms with Gasteiger partial charge in [0.05, 0.1) is 38.9 Å². The molecule has 6 rings (SSSR count). The smallest absolute Gasteiger partial charge is 0.337 e. The summed E-state index contributed by atoms with van der Waals surface area (Å²) in [6.07, 6.45) is 3.76. The fraction of sp³-hybridized carbons (Fsp3) is 0.300. The zero-order valence-electron chi connectivity index (χ0n) is 22.2. The second-order valence-corrected chi connectivity index (χ2v) is 11.8. The molecule has 2 N–H and O–H groups in total.